The summed E-state index contributed by atoms with van der Waals surface area (Å²) in [6.45, 7) is 5.28. The maximum Gasteiger partial charge on any atom is 0.430 e. The van der Waals surface area contributed by atoms with E-state index in [9.17, 15) is 13.2 Å². The third kappa shape index (κ3) is 58.6. The number of carboxylic acid groups (broad SMARTS) is 2. The van der Waals surface area contributed by atoms with E-state index in [1.807, 2.05) is 0 Å². The van der Waals surface area contributed by atoms with Gasteiger partial charge in [-0.15, -0.1) is 0 Å². The molecule has 0 bridgehead atoms. The van der Waals surface area contributed by atoms with Crippen LogP contribution in [0.1, 0.15) is 46.5 Å². The molecule has 0 aliphatic rings. The summed E-state index contributed by atoms with van der Waals surface area (Å²) in [5, 5.41) is 17.7. The molecule has 0 heterocycles. The molecule has 0 unspecified atom stereocenters. The first-order valence-electron chi connectivity index (χ1n) is 7.01. The number of carboxylic acids is 2. The van der Waals surface area contributed by atoms with Crippen LogP contribution in [0.15, 0.2) is 0 Å². The Kier molecular flexibility index (Phi) is 32.0. The number of rotatable bonds is 6. The van der Waals surface area contributed by atoms with Gasteiger partial charge in [0.1, 0.15) is 5.97 Å². The summed E-state index contributed by atoms with van der Waals surface area (Å²) in [6, 6.07) is 0. The Morgan fingerprint density at radius 2 is 1.08 bits per heavy atom. The van der Waals surface area contributed by atoms with Gasteiger partial charge in [0, 0.05) is 5.97 Å². The molecule has 4 nitrogen and oxygen atoms in total. The molecule has 0 aliphatic heterocycles. The van der Waals surface area contributed by atoms with E-state index in [1.54, 1.807) is 0 Å². The maximum atomic E-state index is 10.5. The topological polar surface area (TPSA) is 80.3 Å². The molecule has 0 atom stereocenters. The summed E-state index contributed by atoms with van der Waals surface area (Å²) >= 11 is -3.40. The van der Waals surface area contributed by atoms with Crippen molar-refractivity contribution in [3.8, 4) is 0 Å². The van der Waals surface area contributed by atoms with Crippen LogP contribution < -0.4 is 10.2 Å². The van der Waals surface area contributed by atoms with Crippen LogP contribution in [0.5, 0.6) is 0 Å². The maximum absolute atomic E-state index is 10.5. The quantitative estimate of drug-likeness (QED) is 0.407. The van der Waals surface area contributed by atoms with Gasteiger partial charge in [-0.25, -0.2) is 0 Å². The van der Waals surface area contributed by atoms with Crippen LogP contribution >= 0.6 is 35.7 Å². The summed E-state index contributed by atoms with van der Waals surface area (Å²) in [6.07, 6.45) is -0.295. The summed E-state index contributed by atoms with van der Waals surface area (Å²) in [5.41, 5.74) is 0. The minimum atomic E-state index is -5.19. The van der Waals surface area contributed by atoms with Gasteiger partial charge >= 0.3 is 125 Å². The number of halogens is 7. The Balaban J connectivity index is -0.000000120. The van der Waals surface area contributed by atoms with E-state index >= 15 is 0 Å². The van der Waals surface area contributed by atoms with Gasteiger partial charge in [0.25, 0.3) is 0 Å². The molecule has 0 spiro atoms. The molecule has 0 aliphatic carbocycles. The molecule has 0 rings (SSSR count). The van der Waals surface area contributed by atoms with Crippen molar-refractivity contribution in [2.45, 2.75) is 61.5 Å². The van der Waals surface area contributed by atoms with E-state index in [1.165, 1.54) is 25.7 Å². The fourth-order valence-corrected chi connectivity index (χ4v) is 7.75. The van der Waals surface area contributed by atoms with E-state index in [4.69, 9.17) is 55.5 Å². The average Bonchev–Trinajstić information content (AvgIpc) is 2.42. The van der Waals surface area contributed by atoms with Crippen molar-refractivity contribution < 1.29 is 33.0 Å². The normalized spacial score (nSPS) is 9.20. The van der Waals surface area contributed by atoms with Crippen LogP contribution in [0.4, 0.5) is 13.2 Å². The number of carbonyl (C=O) groups is 2. The third-order valence-electron chi connectivity index (χ3n) is 1.67. The van der Waals surface area contributed by atoms with Crippen LogP contribution in [0.2, 0.25) is 8.87 Å². The van der Waals surface area contributed by atoms with Gasteiger partial charge in [-0.1, -0.05) is 0 Å². The second kappa shape index (κ2) is 23.5. The zero-order valence-corrected chi connectivity index (χ0v) is 22.8. The average molecular weight is 666 g/mol. The third-order valence-corrected chi connectivity index (χ3v) is 10.9. The minimum Gasteiger partial charge on any atom is -0.542 e. The minimum absolute atomic E-state index is 0.972. The molecular weight excluding hydrogens is 644 g/mol. The fraction of sp³-hybridized carbons (Fsp3) is 0.833. The molecule has 0 N–H and O–H groups in total. The van der Waals surface area contributed by atoms with Crippen molar-refractivity contribution in [3.05, 3.63) is 0 Å². The molecule has 0 aromatic rings. The van der Waals surface area contributed by atoms with Crippen LogP contribution in [0.25, 0.3) is 0 Å². The van der Waals surface area contributed by atoms with Gasteiger partial charge in [0.2, 0.25) is 0 Å². The van der Waals surface area contributed by atoms with Crippen molar-refractivity contribution in [1.29, 1.82) is 0 Å². The van der Waals surface area contributed by atoms with Gasteiger partial charge < -0.3 is 19.8 Å². The monoisotopic (exact) mass is 666 g/mol. The van der Waals surface area contributed by atoms with E-state index in [0.717, 1.165) is 15.8 Å². The standard InChI is InChI=1S/2C4H9.C2HF3O2.C2H4O2.4ClH.2Sn/c2*1-3-4-2;3-2(4,5)1(6)7;1-2(3)4;;;;;;/h2*1,3-4H2,2H3;(H,6,7);1H3,(H,3,4);4*1H;;/q;;;;;;;;2*+3/p-6. The molecule has 0 aromatic carbocycles. The van der Waals surface area contributed by atoms with E-state index in [-0.39, 0.29) is 0 Å². The molecule has 0 aromatic heterocycles. The summed E-state index contributed by atoms with van der Waals surface area (Å²) in [7, 11) is 22.5. The van der Waals surface area contributed by atoms with Crippen molar-refractivity contribution in [2.24, 2.45) is 0 Å². The van der Waals surface area contributed by atoms with Crippen molar-refractivity contribution >= 4 is 82.6 Å². The summed E-state index contributed by atoms with van der Waals surface area (Å²) < 4.78 is 33.8. The number of carbonyl (C=O) groups excluding carboxylic acids is 2. The first-order valence-corrected chi connectivity index (χ1v) is 25.5. The smallest absolute Gasteiger partial charge is 0.430 e. The van der Waals surface area contributed by atoms with E-state index in [0.29, 0.717) is 0 Å². The molecule has 150 valence electrons. The second-order valence-electron chi connectivity index (χ2n) is 4.16. The van der Waals surface area contributed by atoms with Gasteiger partial charge in [0.05, 0.1) is 0 Å². The fourth-order valence-electron chi connectivity index (χ4n) is 0.621. The van der Waals surface area contributed by atoms with Crippen LogP contribution in [-0.2, 0) is 9.59 Å². The van der Waals surface area contributed by atoms with Crippen molar-refractivity contribution in [3.63, 3.8) is 0 Å². The number of hydrogen-bond donors (Lipinski definition) is 0. The Morgan fingerprint density at radius 3 is 1.12 bits per heavy atom. The van der Waals surface area contributed by atoms with Crippen molar-refractivity contribution in [1.82, 2.24) is 0 Å². The first-order chi connectivity index (χ1) is 11.2. The molecular formula is C12H21Cl4F3O4Sn2. The molecule has 0 saturated carbocycles. The van der Waals surface area contributed by atoms with E-state index < -0.39 is 53.1 Å². The number of aliphatic carboxylic acids is 2. The summed E-state index contributed by atoms with van der Waals surface area (Å²) in [4.78, 5) is 17.7. The van der Waals surface area contributed by atoms with Crippen LogP contribution in [0.3, 0.4) is 0 Å². The predicted octanol–water partition coefficient (Wildman–Crippen LogP) is 3.56. The second-order valence-corrected chi connectivity index (χ2v) is 25.7. The van der Waals surface area contributed by atoms with Crippen LogP contribution in [-0.4, -0.2) is 53.1 Å². The molecule has 0 fully saturated rings. The van der Waals surface area contributed by atoms with Gasteiger partial charge in [-0.05, 0) is 6.92 Å². The first kappa shape index (κ1) is 34.0. The summed E-state index contributed by atoms with van der Waals surface area (Å²) in [5.74, 6) is -4.09. The zero-order valence-electron chi connectivity index (χ0n) is 14.0. The number of alkyl halides is 3. The van der Waals surface area contributed by atoms with Gasteiger partial charge in [-0.3, -0.25) is 0 Å². The molecule has 13 heteroatoms. The molecule has 0 saturated heterocycles. The largest absolute Gasteiger partial charge is 0.542 e. The van der Waals surface area contributed by atoms with Crippen molar-refractivity contribution in [2.75, 3.05) is 0 Å². The number of hydrogen-bond acceptors (Lipinski definition) is 4. The number of unbranched alkanes of at least 4 members (excludes halogenated alkanes) is 2. The SMILES string of the molecule is CC(=O)[O-].CCC[CH2][Sn+]([Cl])[Cl].CCC[CH2][Sn+]([Cl])[Cl].O=C([O-])C(F)(F)F. The Morgan fingerprint density at radius 1 is 0.880 bits per heavy atom. The predicted molar refractivity (Wildman–Crippen MR) is 96.1 cm³/mol. The zero-order chi connectivity index (χ0) is 21.1. The Hall–Kier alpha value is 1.49. The van der Waals surface area contributed by atoms with Gasteiger partial charge in [0.15, 0.2) is 0 Å². The van der Waals surface area contributed by atoms with Gasteiger partial charge in [-0.2, -0.15) is 13.2 Å². The molecule has 0 radical (unpaired) electrons. The molecule has 25 heavy (non-hydrogen) atoms. The van der Waals surface area contributed by atoms with Crippen LogP contribution in [0, 0.1) is 0 Å². The molecule has 0 amide bonds. The Labute approximate surface area is 175 Å². The Bertz CT molecular complexity index is 307. The van der Waals surface area contributed by atoms with E-state index in [2.05, 4.69) is 13.8 Å².